The average Bonchev–Trinajstić information content (AvgIpc) is 2.45. The fourth-order valence-corrected chi connectivity index (χ4v) is 3.49. The van der Waals surface area contributed by atoms with Gasteiger partial charge in [0, 0.05) is 12.3 Å². The Morgan fingerprint density at radius 3 is 2.76 bits per heavy atom. The van der Waals surface area contributed by atoms with Crippen molar-refractivity contribution in [2.24, 2.45) is 5.92 Å². The van der Waals surface area contributed by atoms with Crippen LogP contribution in [0.3, 0.4) is 0 Å². The van der Waals surface area contributed by atoms with Crippen LogP contribution in [0, 0.1) is 5.92 Å². The molecular formula is C15H20O2. The highest BCUT2D eigenvalue weighted by Gasteiger charge is 2.54. The minimum Gasteiger partial charge on any atom is -0.365 e. The van der Waals surface area contributed by atoms with E-state index >= 15 is 0 Å². The summed E-state index contributed by atoms with van der Waals surface area (Å²) < 4.78 is 5.91. The molecular weight excluding hydrogens is 212 g/mol. The van der Waals surface area contributed by atoms with Gasteiger partial charge in [-0.1, -0.05) is 30.3 Å². The van der Waals surface area contributed by atoms with E-state index < -0.39 is 5.79 Å². The third-order valence-corrected chi connectivity index (χ3v) is 4.30. The van der Waals surface area contributed by atoms with Gasteiger partial charge in [0.1, 0.15) is 0 Å². The zero-order valence-electron chi connectivity index (χ0n) is 10.4. The number of benzene rings is 1. The summed E-state index contributed by atoms with van der Waals surface area (Å²) in [6, 6.07) is 10.4. The van der Waals surface area contributed by atoms with Crippen LogP contribution in [0.4, 0.5) is 0 Å². The number of rotatable bonds is 2. The molecule has 1 N–H and O–H groups in total. The van der Waals surface area contributed by atoms with E-state index in [4.69, 9.17) is 4.74 Å². The van der Waals surface area contributed by atoms with E-state index in [0.717, 1.165) is 32.1 Å². The van der Waals surface area contributed by atoms with E-state index in [2.05, 4.69) is 31.2 Å². The Bertz CT molecular complexity index is 403. The van der Waals surface area contributed by atoms with E-state index in [-0.39, 0.29) is 11.5 Å². The molecule has 17 heavy (non-hydrogen) atoms. The summed E-state index contributed by atoms with van der Waals surface area (Å²) in [6.07, 6.45) is 4.87. The average molecular weight is 232 g/mol. The predicted molar refractivity (Wildman–Crippen MR) is 66.5 cm³/mol. The van der Waals surface area contributed by atoms with Crippen LogP contribution in [-0.2, 0) is 11.2 Å². The second-order valence-electron chi connectivity index (χ2n) is 5.84. The normalized spacial score (nSPS) is 40.5. The zero-order valence-corrected chi connectivity index (χ0v) is 10.4. The zero-order chi connectivity index (χ0) is 11.9. The minimum atomic E-state index is -0.872. The Balaban J connectivity index is 1.80. The Labute approximate surface area is 103 Å². The lowest BCUT2D eigenvalue weighted by atomic mass is 9.87. The van der Waals surface area contributed by atoms with E-state index in [1.165, 1.54) is 5.56 Å². The molecule has 3 rings (SSSR count). The molecule has 0 saturated carbocycles. The molecule has 2 nitrogen and oxygen atoms in total. The van der Waals surface area contributed by atoms with Gasteiger partial charge in [-0.05, 0) is 38.2 Å². The van der Waals surface area contributed by atoms with Gasteiger partial charge in [-0.25, -0.2) is 0 Å². The Morgan fingerprint density at radius 1 is 1.29 bits per heavy atom. The minimum absolute atomic E-state index is 0.0908. The summed E-state index contributed by atoms with van der Waals surface area (Å²) in [5.74, 6) is -0.625. The predicted octanol–water partition coefficient (Wildman–Crippen LogP) is 2.90. The molecule has 0 aromatic heterocycles. The van der Waals surface area contributed by atoms with Gasteiger partial charge in [-0.15, -0.1) is 0 Å². The first-order valence-electron chi connectivity index (χ1n) is 6.56. The first-order valence-corrected chi connectivity index (χ1v) is 6.56. The standard InChI is InChI=1S/C15H20O2/c1-14-8-5-9-15(16,17-14)13(11-14)10-12-6-3-2-4-7-12/h2-4,6-7,13,16H,5,8-11H2,1H3/t13-,14+,15-/m1/s1. The summed E-state index contributed by atoms with van der Waals surface area (Å²) in [7, 11) is 0. The number of ether oxygens (including phenoxy) is 1. The number of hydrogen-bond donors (Lipinski definition) is 1. The molecule has 1 aromatic rings. The van der Waals surface area contributed by atoms with Gasteiger partial charge < -0.3 is 9.84 Å². The van der Waals surface area contributed by atoms with Crippen LogP contribution < -0.4 is 0 Å². The smallest absolute Gasteiger partial charge is 0.169 e. The van der Waals surface area contributed by atoms with E-state index in [1.807, 2.05) is 6.07 Å². The monoisotopic (exact) mass is 232 g/mol. The highest BCUT2D eigenvalue weighted by Crippen LogP contribution is 2.50. The fraction of sp³-hybridized carbons (Fsp3) is 0.600. The highest BCUT2D eigenvalue weighted by atomic mass is 16.6. The van der Waals surface area contributed by atoms with E-state index in [1.54, 1.807) is 0 Å². The second kappa shape index (κ2) is 3.82. The van der Waals surface area contributed by atoms with Crippen molar-refractivity contribution in [1.29, 1.82) is 0 Å². The SMILES string of the molecule is C[C@@]12CCC[C@@](O)(O1)[C@H](Cc1ccccc1)C2. The molecule has 2 aliphatic heterocycles. The number of aliphatic hydroxyl groups is 1. The molecule has 2 heterocycles. The number of fused-ring (bicyclic) bond motifs is 2. The van der Waals surface area contributed by atoms with E-state index in [0.29, 0.717) is 0 Å². The van der Waals surface area contributed by atoms with Crippen molar-refractivity contribution in [3.8, 4) is 0 Å². The molecule has 1 aromatic carbocycles. The molecule has 2 aliphatic rings. The third kappa shape index (κ3) is 2.00. The maximum atomic E-state index is 10.6. The van der Waals surface area contributed by atoms with Crippen LogP contribution in [0.5, 0.6) is 0 Å². The summed E-state index contributed by atoms with van der Waals surface area (Å²) in [5, 5.41) is 10.6. The van der Waals surface area contributed by atoms with Crippen LogP contribution in [0.15, 0.2) is 30.3 Å². The summed E-state index contributed by atoms with van der Waals surface area (Å²) in [5.41, 5.74) is 1.21. The quantitative estimate of drug-likeness (QED) is 0.849. The van der Waals surface area contributed by atoms with Crippen LogP contribution in [0.25, 0.3) is 0 Å². The number of hydrogen-bond acceptors (Lipinski definition) is 2. The maximum absolute atomic E-state index is 10.6. The summed E-state index contributed by atoms with van der Waals surface area (Å²) in [6.45, 7) is 2.14. The molecule has 0 amide bonds. The fourth-order valence-electron chi connectivity index (χ4n) is 3.49. The Hall–Kier alpha value is -0.860. The van der Waals surface area contributed by atoms with Crippen molar-refractivity contribution in [1.82, 2.24) is 0 Å². The third-order valence-electron chi connectivity index (χ3n) is 4.30. The largest absolute Gasteiger partial charge is 0.365 e. The molecule has 92 valence electrons. The molecule has 0 unspecified atom stereocenters. The van der Waals surface area contributed by atoms with Gasteiger partial charge in [0.15, 0.2) is 5.79 Å². The van der Waals surface area contributed by atoms with Crippen molar-refractivity contribution in [2.45, 2.75) is 50.4 Å². The van der Waals surface area contributed by atoms with Crippen LogP contribution >= 0.6 is 0 Å². The molecule has 0 aliphatic carbocycles. The molecule has 2 bridgehead atoms. The van der Waals surface area contributed by atoms with Crippen molar-refractivity contribution in [3.05, 3.63) is 35.9 Å². The lowest BCUT2D eigenvalue weighted by Crippen LogP contribution is -2.41. The highest BCUT2D eigenvalue weighted by molar-refractivity contribution is 5.17. The van der Waals surface area contributed by atoms with Gasteiger partial charge in [0.05, 0.1) is 5.60 Å². The Kier molecular flexibility index (Phi) is 2.53. The van der Waals surface area contributed by atoms with Crippen LogP contribution in [0.2, 0.25) is 0 Å². The molecule has 0 spiro atoms. The molecule has 2 heteroatoms. The molecule has 0 radical (unpaired) electrons. The first-order chi connectivity index (χ1) is 8.10. The topological polar surface area (TPSA) is 29.5 Å². The molecule has 2 fully saturated rings. The van der Waals surface area contributed by atoms with Crippen molar-refractivity contribution >= 4 is 0 Å². The van der Waals surface area contributed by atoms with Gasteiger partial charge in [0.25, 0.3) is 0 Å². The molecule has 3 atom stereocenters. The van der Waals surface area contributed by atoms with Crippen LogP contribution in [-0.4, -0.2) is 16.5 Å². The van der Waals surface area contributed by atoms with Gasteiger partial charge in [-0.2, -0.15) is 0 Å². The van der Waals surface area contributed by atoms with Gasteiger partial charge in [0.2, 0.25) is 0 Å². The summed E-state index contributed by atoms with van der Waals surface area (Å²) >= 11 is 0. The van der Waals surface area contributed by atoms with Crippen LogP contribution in [0.1, 0.15) is 38.2 Å². The van der Waals surface area contributed by atoms with Crippen molar-refractivity contribution < 1.29 is 9.84 Å². The van der Waals surface area contributed by atoms with Crippen molar-refractivity contribution in [3.63, 3.8) is 0 Å². The molecule has 2 saturated heterocycles. The second-order valence-corrected chi connectivity index (χ2v) is 5.84. The Morgan fingerprint density at radius 2 is 2.06 bits per heavy atom. The van der Waals surface area contributed by atoms with E-state index in [9.17, 15) is 5.11 Å². The first kappa shape index (κ1) is 11.2. The van der Waals surface area contributed by atoms with Gasteiger partial charge >= 0.3 is 0 Å². The lowest BCUT2D eigenvalue weighted by Gasteiger charge is -2.36. The summed E-state index contributed by atoms with van der Waals surface area (Å²) in [4.78, 5) is 0. The maximum Gasteiger partial charge on any atom is 0.169 e. The lowest BCUT2D eigenvalue weighted by molar-refractivity contribution is -0.257. The van der Waals surface area contributed by atoms with Crippen molar-refractivity contribution in [2.75, 3.05) is 0 Å². The van der Waals surface area contributed by atoms with Gasteiger partial charge in [-0.3, -0.25) is 0 Å².